The summed E-state index contributed by atoms with van der Waals surface area (Å²) in [6.07, 6.45) is 2.38. The lowest BCUT2D eigenvalue weighted by atomic mass is 9.87. The highest BCUT2D eigenvalue weighted by atomic mass is 35.5. The molecule has 1 aromatic rings. The molecule has 24 heavy (non-hydrogen) atoms. The monoisotopic (exact) mass is 351 g/mol. The van der Waals surface area contributed by atoms with E-state index in [1.54, 1.807) is 0 Å². The smallest absolute Gasteiger partial charge is 0.193 e. The summed E-state index contributed by atoms with van der Waals surface area (Å²) < 4.78 is 11.5. The Morgan fingerprint density at radius 2 is 2.21 bits per heavy atom. The molecule has 2 saturated heterocycles. The van der Waals surface area contributed by atoms with Gasteiger partial charge in [0, 0.05) is 37.2 Å². The summed E-state index contributed by atoms with van der Waals surface area (Å²) in [6.45, 7) is 6.59. The van der Waals surface area contributed by atoms with E-state index < -0.39 is 0 Å². The van der Waals surface area contributed by atoms with Gasteiger partial charge in [0.05, 0.1) is 13.2 Å². The number of nitrogens with zero attached hydrogens (tertiary/aromatic N) is 2. The maximum atomic E-state index is 5.91. The Bertz CT molecular complexity index is 570. The van der Waals surface area contributed by atoms with Crippen molar-refractivity contribution in [1.82, 2.24) is 10.2 Å². The third-order valence-corrected chi connectivity index (χ3v) is 5.09. The fourth-order valence-corrected chi connectivity index (χ4v) is 3.57. The zero-order valence-electron chi connectivity index (χ0n) is 14.4. The van der Waals surface area contributed by atoms with Crippen molar-refractivity contribution in [3.63, 3.8) is 0 Å². The molecule has 2 aliphatic heterocycles. The Hall–Kier alpha value is -1.46. The molecule has 0 radical (unpaired) electrons. The Balaban J connectivity index is 1.48. The van der Waals surface area contributed by atoms with Crippen LogP contribution in [0.15, 0.2) is 29.3 Å². The first-order valence-electron chi connectivity index (χ1n) is 8.56. The van der Waals surface area contributed by atoms with Gasteiger partial charge in [-0.1, -0.05) is 11.6 Å². The predicted molar refractivity (Wildman–Crippen MR) is 97.0 cm³/mol. The topological polar surface area (TPSA) is 46.1 Å². The fourth-order valence-electron chi connectivity index (χ4n) is 3.44. The van der Waals surface area contributed by atoms with Gasteiger partial charge in [-0.05, 0) is 44.0 Å². The average Bonchev–Trinajstić information content (AvgIpc) is 3.21. The summed E-state index contributed by atoms with van der Waals surface area (Å²) >= 11 is 5.90. The van der Waals surface area contributed by atoms with E-state index in [0.717, 1.165) is 44.4 Å². The molecular weight excluding hydrogens is 326 g/mol. The highest BCUT2D eigenvalue weighted by Crippen LogP contribution is 2.38. The van der Waals surface area contributed by atoms with E-state index in [0.29, 0.717) is 17.0 Å². The summed E-state index contributed by atoms with van der Waals surface area (Å²) in [6, 6.07) is 7.45. The molecule has 5 nitrogen and oxygen atoms in total. The van der Waals surface area contributed by atoms with Crippen molar-refractivity contribution in [2.45, 2.75) is 25.9 Å². The summed E-state index contributed by atoms with van der Waals surface area (Å²) in [5.74, 6) is 1.78. The van der Waals surface area contributed by atoms with Gasteiger partial charge in [-0.25, -0.2) is 0 Å². The number of guanidine groups is 1. The van der Waals surface area contributed by atoms with E-state index in [4.69, 9.17) is 21.1 Å². The first kappa shape index (κ1) is 17.4. The standard InChI is InChI=1S/C18H26ClN3O2/c1-14(24-16-5-3-15(19)4-6-16)11-21-17(20-2)22-9-7-18(12-22)8-10-23-13-18/h3-6,14H,7-13H2,1-2H3,(H,20,21). The molecular formula is C18H26ClN3O2. The molecule has 1 aromatic carbocycles. The lowest BCUT2D eigenvalue weighted by Crippen LogP contribution is -2.44. The zero-order chi connectivity index (χ0) is 17.0. The molecule has 2 heterocycles. The van der Waals surface area contributed by atoms with Crippen LogP contribution < -0.4 is 10.1 Å². The average molecular weight is 352 g/mol. The van der Waals surface area contributed by atoms with Crippen molar-refractivity contribution in [1.29, 1.82) is 0 Å². The molecule has 0 aliphatic carbocycles. The number of hydrogen-bond acceptors (Lipinski definition) is 3. The maximum absolute atomic E-state index is 5.91. The minimum atomic E-state index is 0.0364. The van der Waals surface area contributed by atoms with Gasteiger partial charge in [-0.15, -0.1) is 0 Å². The molecule has 6 heteroatoms. The van der Waals surface area contributed by atoms with Crippen LogP contribution in [-0.2, 0) is 4.74 Å². The second-order valence-corrected chi connectivity index (χ2v) is 7.22. The van der Waals surface area contributed by atoms with Gasteiger partial charge >= 0.3 is 0 Å². The normalized spacial score (nSPS) is 25.3. The number of rotatable bonds is 4. The van der Waals surface area contributed by atoms with E-state index in [1.165, 1.54) is 6.42 Å². The van der Waals surface area contributed by atoms with E-state index >= 15 is 0 Å². The summed E-state index contributed by atoms with van der Waals surface area (Å²) in [4.78, 5) is 6.77. The molecule has 0 aromatic heterocycles. The molecule has 1 N–H and O–H groups in total. The van der Waals surface area contributed by atoms with Gasteiger partial charge in [0.2, 0.25) is 0 Å². The number of nitrogens with one attached hydrogen (secondary N) is 1. The second kappa shape index (κ2) is 7.62. The molecule has 2 atom stereocenters. The third kappa shape index (κ3) is 4.14. The third-order valence-electron chi connectivity index (χ3n) is 4.83. The number of likely N-dealkylation sites (tertiary alicyclic amines) is 1. The van der Waals surface area contributed by atoms with Crippen LogP contribution in [0, 0.1) is 5.41 Å². The minimum Gasteiger partial charge on any atom is -0.489 e. The summed E-state index contributed by atoms with van der Waals surface area (Å²) in [5.41, 5.74) is 0.336. The van der Waals surface area contributed by atoms with Gasteiger partial charge in [0.25, 0.3) is 0 Å². The minimum absolute atomic E-state index is 0.0364. The predicted octanol–water partition coefficient (Wildman–Crippen LogP) is 2.80. The van der Waals surface area contributed by atoms with Crippen LogP contribution in [0.5, 0.6) is 5.75 Å². The maximum Gasteiger partial charge on any atom is 0.193 e. The molecule has 1 spiro atoms. The number of benzene rings is 1. The van der Waals surface area contributed by atoms with Gasteiger partial charge in [-0.3, -0.25) is 4.99 Å². The van der Waals surface area contributed by atoms with Crippen LogP contribution in [0.25, 0.3) is 0 Å². The summed E-state index contributed by atoms with van der Waals surface area (Å²) in [5, 5.41) is 4.15. The number of aliphatic imine (C=N–C) groups is 1. The van der Waals surface area contributed by atoms with Crippen molar-refractivity contribution in [2.75, 3.05) is 39.9 Å². The lowest BCUT2D eigenvalue weighted by molar-refractivity contribution is 0.156. The van der Waals surface area contributed by atoms with Crippen molar-refractivity contribution < 1.29 is 9.47 Å². The van der Waals surface area contributed by atoms with Gasteiger partial charge < -0.3 is 19.7 Å². The SMILES string of the molecule is CN=C(NCC(C)Oc1ccc(Cl)cc1)N1CCC2(CCOC2)C1. The van der Waals surface area contributed by atoms with Crippen molar-refractivity contribution in [2.24, 2.45) is 10.4 Å². The first-order chi connectivity index (χ1) is 11.6. The van der Waals surface area contributed by atoms with Crippen LogP contribution in [0.2, 0.25) is 5.02 Å². The van der Waals surface area contributed by atoms with E-state index in [1.807, 2.05) is 38.2 Å². The van der Waals surface area contributed by atoms with Crippen LogP contribution in [-0.4, -0.2) is 56.9 Å². The van der Waals surface area contributed by atoms with E-state index in [9.17, 15) is 0 Å². The first-order valence-corrected chi connectivity index (χ1v) is 8.94. The van der Waals surface area contributed by atoms with Crippen LogP contribution in [0.4, 0.5) is 0 Å². The number of ether oxygens (including phenoxy) is 2. The summed E-state index contributed by atoms with van der Waals surface area (Å²) in [7, 11) is 1.84. The highest BCUT2D eigenvalue weighted by Gasteiger charge is 2.42. The lowest BCUT2D eigenvalue weighted by Gasteiger charge is -2.26. The number of hydrogen-bond donors (Lipinski definition) is 1. The van der Waals surface area contributed by atoms with E-state index in [2.05, 4.69) is 15.2 Å². The molecule has 0 saturated carbocycles. The van der Waals surface area contributed by atoms with Crippen LogP contribution in [0.1, 0.15) is 19.8 Å². The zero-order valence-corrected chi connectivity index (χ0v) is 15.2. The highest BCUT2D eigenvalue weighted by molar-refractivity contribution is 6.30. The van der Waals surface area contributed by atoms with Crippen LogP contribution in [0.3, 0.4) is 0 Å². The molecule has 0 bridgehead atoms. The van der Waals surface area contributed by atoms with Crippen molar-refractivity contribution >= 4 is 17.6 Å². The Morgan fingerprint density at radius 3 is 2.88 bits per heavy atom. The Kier molecular flexibility index (Phi) is 5.51. The molecule has 2 unspecified atom stereocenters. The quantitative estimate of drug-likeness (QED) is 0.669. The van der Waals surface area contributed by atoms with Gasteiger partial charge in [-0.2, -0.15) is 0 Å². The Labute approximate surface area is 149 Å². The van der Waals surface area contributed by atoms with E-state index in [-0.39, 0.29) is 6.10 Å². The molecule has 0 amide bonds. The van der Waals surface area contributed by atoms with Gasteiger partial charge in [0.15, 0.2) is 5.96 Å². The Morgan fingerprint density at radius 1 is 1.42 bits per heavy atom. The van der Waals surface area contributed by atoms with Gasteiger partial charge in [0.1, 0.15) is 11.9 Å². The molecule has 2 aliphatic rings. The second-order valence-electron chi connectivity index (χ2n) is 6.78. The largest absolute Gasteiger partial charge is 0.489 e. The fraction of sp³-hybridized carbons (Fsp3) is 0.611. The van der Waals surface area contributed by atoms with Crippen molar-refractivity contribution in [3.8, 4) is 5.75 Å². The molecule has 2 fully saturated rings. The van der Waals surface area contributed by atoms with Crippen LogP contribution >= 0.6 is 11.6 Å². The number of halogens is 1. The molecule has 3 rings (SSSR count). The van der Waals surface area contributed by atoms with Crippen molar-refractivity contribution in [3.05, 3.63) is 29.3 Å². The molecule has 132 valence electrons.